The zero-order valence-corrected chi connectivity index (χ0v) is 22.5. The van der Waals surface area contributed by atoms with Gasteiger partial charge in [-0.15, -0.1) is 0 Å². The zero-order valence-electron chi connectivity index (χ0n) is 21.7. The lowest BCUT2D eigenvalue weighted by molar-refractivity contribution is -0.132. The summed E-state index contributed by atoms with van der Waals surface area (Å²) < 4.78 is 0. The number of carbonyl (C=O) groups is 2. The van der Waals surface area contributed by atoms with Crippen molar-refractivity contribution in [2.24, 2.45) is 11.8 Å². The molecule has 1 saturated heterocycles. The van der Waals surface area contributed by atoms with E-state index in [9.17, 15) is 9.59 Å². The molecule has 1 atom stereocenters. The Morgan fingerprint density at radius 3 is 2.29 bits per heavy atom. The first-order valence-corrected chi connectivity index (χ1v) is 13.0. The van der Waals surface area contributed by atoms with Crippen LogP contribution in [0, 0.1) is 11.8 Å². The lowest BCUT2D eigenvalue weighted by Crippen LogP contribution is -2.36. The van der Waals surface area contributed by atoms with Gasteiger partial charge in [0.1, 0.15) is 11.0 Å². The molecule has 0 spiro atoms. The fraction of sp³-hybridized carbons (Fsp3) is 0.536. The van der Waals surface area contributed by atoms with Crippen molar-refractivity contribution < 1.29 is 9.59 Å². The number of anilines is 1. The molecule has 0 N–H and O–H groups in total. The molecule has 1 fully saturated rings. The summed E-state index contributed by atoms with van der Waals surface area (Å²) in [7, 11) is 5.34. The van der Waals surface area contributed by atoms with Crippen LogP contribution >= 0.6 is 11.6 Å². The number of hydrogen-bond donors (Lipinski definition) is 0. The molecule has 3 rings (SSSR count). The Balaban J connectivity index is 1.46. The Morgan fingerprint density at radius 2 is 1.71 bits per heavy atom. The number of pyridine rings is 1. The van der Waals surface area contributed by atoms with Gasteiger partial charge in [0.15, 0.2) is 0 Å². The van der Waals surface area contributed by atoms with Crippen LogP contribution in [-0.2, 0) is 4.79 Å². The predicted molar refractivity (Wildman–Crippen MR) is 143 cm³/mol. The fourth-order valence-electron chi connectivity index (χ4n) is 4.89. The molecule has 0 saturated carbocycles. The first-order valence-electron chi connectivity index (χ1n) is 12.6. The largest absolute Gasteiger partial charge is 0.357 e. The molecule has 0 bridgehead atoms. The topological polar surface area (TPSA) is 56.8 Å². The fourth-order valence-corrected chi connectivity index (χ4v) is 5.12. The second-order valence-electron chi connectivity index (χ2n) is 10.2. The third-order valence-corrected chi connectivity index (χ3v) is 7.27. The molecule has 2 aromatic rings. The van der Waals surface area contributed by atoms with Crippen LogP contribution in [0.1, 0.15) is 61.4 Å². The number of aromatic nitrogens is 1. The minimum Gasteiger partial charge on any atom is -0.357 e. The number of likely N-dealkylation sites (N-methyl/N-ethyl adjacent to an activating group) is 1. The van der Waals surface area contributed by atoms with Crippen LogP contribution in [0.2, 0.25) is 5.15 Å². The van der Waals surface area contributed by atoms with Crippen molar-refractivity contribution in [2.45, 2.75) is 45.4 Å². The van der Waals surface area contributed by atoms with Crippen molar-refractivity contribution in [3.05, 3.63) is 58.7 Å². The number of amides is 2. The van der Waals surface area contributed by atoms with E-state index in [0.29, 0.717) is 11.5 Å². The Labute approximate surface area is 215 Å². The summed E-state index contributed by atoms with van der Waals surface area (Å²) in [4.78, 5) is 35.5. The highest BCUT2D eigenvalue weighted by molar-refractivity contribution is 6.32. The summed E-state index contributed by atoms with van der Waals surface area (Å²) in [5, 5.41) is 0.256. The maximum Gasteiger partial charge on any atom is 0.256 e. The van der Waals surface area contributed by atoms with Gasteiger partial charge in [-0.2, -0.15) is 0 Å². The highest BCUT2D eigenvalue weighted by Gasteiger charge is 2.27. The minimum atomic E-state index is -0.139. The van der Waals surface area contributed by atoms with Crippen LogP contribution in [-0.4, -0.2) is 67.4 Å². The smallest absolute Gasteiger partial charge is 0.256 e. The zero-order chi connectivity index (χ0) is 25.5. The molecule has 35 heavy (non-hydrogen) atoms. The van der Waals surface area contributed by atoms with Crippen molar-refractivity contribution in [3.63, 3.8) is 0 Å². The van der Waals surface area contributed by atoms with Gasteiger partial charge in [-0.05, 0) is 55.2 Å². The number of benzene rings is 1. The van der Waals surface area contributed by atoms with E-state index in [4.69, 9.17) is 11.6 Å². The second-order valence-corrected chi connectivity index (χ2v) is 10.5. The van der Waals surface area contributed by atoms with Crippen molar-refractivity contribution in [3.8, 4) is 0 Å². The van der Waals surface area contributed by atoms with E-state index in [2.05, 4.69) is 35.9 Å². The lowest BCUT2D eigenvalue weighted by atomic mass is 9.87. The SMILES string of the molecule is CC(C)C(C(=O)N(C)CCCC1CCN(c2ccc(C(=O)N(C)C)c(Cl)n2)CC1)c1ccccc1. The molecule has 2 amide bonds. The van der Waals surface area contributed by atoms with Crippen LogP contribution in [0.25, 0.3) is 0 Å². The lowest BCUT2D eigenvalue weighted by Gasteiger charge is -2.33. The van der Waals surface area contributed by atoms with Gasteiger partial charge in [-0.1, -0.05) is 55.8 Å². The number of hydrogen-bond acceptors (Lipinski definition) is 4. The van der Waals surface area contributed by atoms with E-state index in [1.54, 1.807) is 20.2 Å². The molecule has 190 valence electrons. The van der Waals surface area contributed by atoms with Gasteiger partial charge in [0, 0.05) is 40.8 Å². The molecule has 1 unspecified atom stereocenters. The molecule has 2 heterocycles. The molecule has 1 aromatic carbocycles. The van der Waals surface area contributed by atoms with Crippen molar-refractivity contribution >= 4 is 29.2 Å². The minimum absolute atomic E-state index is 0.0943. The highest BCUT2D eigenvalue weighted by atomic mass is 35.5. The summed E-state index contributed by atoms with van der Waals surface area (Å²) in [6.07, 6.45) is 4.31. The van der Waals surface area contributed by atoms with Crippen LogP contribution in [0.5, 0.6) is 0 Å². The summed E-state index contributed by atoms with van der Waals surface area (Å²) in [6, 6.07) is 13.8. The summed E-state index contributed by atoms with van der Waals surface area (Å²) in [5.41, 5.74) is 1.53. The van der Waals surface area contributed by atoms with Crippen molar-refractivity contribution in [1.29, 1.82) is 0 Å². The normalized spacial score (nSPS) is 15.2. The highest BCUT2D eigenvalue weighted by Crippen LogP contribution is 2.29. The first-order chi connectivity index (χ1) is 16.7. The van der Waals surface area contributed by atoms with Gasteiger partial charge >= 0.3 is 0 Å². The average Bonchev–Trinajstić information content (AvgIpc) is 2.84. The maximum atomic E-state index is 13.2. The molecule has 0 aliphatic carbocycles. The molecular formula is C28H39ClN4O2. The van der Waals surface area contributed by atoms with Gasteiger partial charge in [0.25, 0.3) is 5.91 Å². The molecule has 1 aromatic heterocycles. The number of halogens is 1. The van der Waals surface area contributed by atoms with Gasteiger partial charge in [-0.25, -0.2) is 4.98 Å². The number of piperidine rings is 1. The van der Waals surface area contributed by atoms with Crippen LogP contribution in [0.4, 0.5) is 5.82 Å². The Bertz CT molecular complexity index is 988. The van der Waals surface area contributed by atoms with Crippen LogP contribution < -0.4 is 4.90 Å². The van der Waals surface area contributed by atoms with E-state index in [-0.39, 0.29) is 28.8 Å². The van der Waals surface area contributed by atoms with Crippen LogP contribution in [0.15, 0.2) is 42.5 Å². The number of nitrogens with zero attached hydrogens (tertiary/aromatic N) is 4. The molecular weight excluding hydrogens is 460 g/mol. The third-order valence-electron chi connectivity index (χ3n) is 6.98. The van der Waals surface area contributed by atoms with Gasteiger partial charge < -0.3 is 14.7 Å². The first kappa shape index (κ1) is 27.0. The molecule has 7 heteroatoms. The quantitative estimate of drug-likeness (QED) is 0.438. The molecule has 1 aliphatic heterocycles. The van der Waals surface area contributed by atoms with Gasteiger partial charge in [-0.3, -0.25) is 9.59 Å². The maximum absolute atomic E-state index is 13.2. The Hall–Kier alpha value is -2.60. The summed E-state index contributed by atoms with van der Waals surface area (Å²) >= 11 is 6.30. The van der Waals surface area contributed by atoms with Gasteiger partial charge in [0.05, 0.1) is 11.5 Å². The third kappa shape index (κ3) is 6.97. The molecule has 1 aliphatic rings. The Kier molecular flexibility index (Phi) is 9.55. The van der Waals surface area contributed by atoms with E-state index < -0.39 is 0 Å². The molecule has 6 nitrogen and oxygen atoms in total. The van der Waals surface area contributed by atoms with E-state index in [0.717, 1.165) is 56.7 Å². The summed E-state index contributed by atoms with van der Waals surface area (Å²) in [5.74, 6) is 1.71. The average molecular weight is 499 g/mol. The predicted octanol–water partition coefficient (Wildman–Crippen LogP) is 5.33. The number of rotatable bonds is 9. The van der Waals surface area contributed by atoms with Crippen LogP contribution in [0.3, 0.4) is 0 Å². The van der Waals surface area contributed by atoms with Crippen molar-refractivity contribution in [2.75, 3.05) is 45.7 Å². The Morgan fingerprint density at radius 1 is 1.06 bits per heavy atom. The van der Waals surface area contributed by atoms with E-state index >= 15 is 0 Å². The van der Waals surface area contributed by atoms with E-state index in [1.807, 2.05) is 36.2 Å². The number of carbonyl (C=O) groups excluding carboxylic acids is 2. The van der Waals surface area contributed by atoms with Gasteiger partial charge in [0.2, 0.25) is 5.91 Å². The second kappa shape index (κ2) is 12.4. The van der Waals surface area contributed by atoms with Crippen molar-refractivity contribution in [1.82, 2.24) is 14.8 Å². The monoisotopic (exact) mass is 498 g/mol. The summed E-state index contributed by atoms with van der Waals surface area (Å²) in [6.45, 7) is 6.87. The van der Waals surface area contributed by atoms with E-state index in [1.165, 1.54) is 4.90 Å². The standard InChI is InChI=1S/C28H39ClN4O2/c1-20(2)25(22-11-7-6-8-12-22)28(35)32(5)17-9-10-21-15-18-33(19-16-21)24-14-13-23(26(29)30-24)27(34)31(3)4/h6-8,11-14,20-21,25H,9-10,15-19H2,1-5H3. The molecule has 0 radical (unpaired) electrons.